The molecule has 5 N–H and O–H groups in total. The number of carbonyl (C=O) groups is 1. The van der Waals surface area contributed by atoms with E-state index in [4.69, 9.17) is 5.73 Å². The van der Waals surface area contributed by atoms with Gasteiger partial charge in [0, 0.05) is 24.2 Å². The number of thioether (sulfide) groups is 1. The van der Waals surface area contributed by atoms with Gasteiger partial charge in [0.15, 0.2) is 0 Å². The lowest BCUT2D eigenvalue weighted by molar-refractivity contribution is 0.0722. The number of aromatic amines is 1. The van der Waals surface area contributed by atoms with Crippen LogP contribution in [0.15, 0.2) is 12.3 Å². The fraction of sp³-hybridized carbons (Fsp3) is 0.500. The zero-order valence-electron chi connectivity index (χ0n) is 9.41. The van der Waals surface area contributed by atoms with E-state index in [2.05, 4.69) is 10.3 Å². The van der Waals surface area contributed by atoms with Crippen molar-refractivity contribution in [1.29, 1.82) is 0 Å². The number of aromatic nitrogens is 1. The Morgan fingerprint density at radius 1 is 1.75 bits per heavy atom. The SMILES string of the molecule is CSCC(C)(O)CNC(=O)c1cc(N)c[nH]1. The predicted octanol–water partition coefficient (Wildman–Crippen LogP) is 0.441. The highest BCUT2D eigenvalue weighted by molar-refractivity contribution is 7.98. The van der Waals surface area contributed by atoms with Crippen LogP contribution in [0.4, 0.5) is 5.69 Å². The molecule has 0 aliphatic carbocycles. The number of hydrogen-bond acceptors (Lipinski definition) is 4. The van der Waals surface area contributed by atoms with E-state index < -0.39 is 5.60 Å². The smallest absolute Gasteiger partial charge is 0.267 e. The van der Waals surface area contributed by atoms with Crippen LogP contribution in [-0.2, 0) is 0 Å². The Kier molecular flexibility index (Phi) is 4.26. The number of nitrogens with one attached hydrogen (secondary N) is 2. The van der Waals surface area contributed by atoms with E-state index in [1.807, 2.05) is 6.26 Å². The largest absolute Gasteiger partial charge is 0.397 e. The molecular weight excluding hydrogens is 226 g/mol. The molecular formula is C10H17N3O2S. The van der Waals surface area contributed by atoms with Crippen LogP contribution in [0.3, 0.4) is 0 Å². The fourth-order valence-electron chi connectivity index (χ4n) is 1.27. The number of rotatable bonds is 5. The first-order chi connectivity index (χ1) is 7.44. The molecule has 6 heteroatoms. The number of H-pyrrole nitrogens is 1. The van der Waals surface area contributed by atoms with Gasteiger partial charge in [-0.05, 0) is 19.2 Å². The molecule has 0 aromatic carbocycles. The van der Waals surface area contributed by atoms with Crippen LogP contribution in [0.25, 0.3) is 0 Å². The molecule has 1 aromatic rings. The van der Waals surface area contributed by atoms with Crippen molar-refractivity contribution in [2.75, 3.05) is 24.3 Å². The van der Waals surface area contributed by atoms with E-state index in [0.29, 0.717) is 17.1 Å². The van der Waals surface area contributed by atoms with Crippen LogP contribution < -0.4 is 11.1 Å². The van der Waals surface area contributed by atoms with Crippen molar-refractivity contribution in [2.45, 2.75) is 12.5 Å². The molecule has 16 heavy (non-hydrogen) atoms. The Bertz CT molecular complexity index is 363. The Balaban J connectivity index is 2.47. The van der Waals surface area contributed by atoms with Gasteiger partial charge in [0.05, 0.1) is 5.60 Å². The average Bonchev–Trinajstić information content (AvgIpc) is 2.61. The first-order valence-electron chi connectivity index (χ1n) is 4.88. The first-order valence-corrected chi connectivity index (χ1v) is 6.27. The third-order valence-corrected chi connectivity index (χ3v) is 2.95. The number of nitrogen functional groups attached to an aromatic ring is 1. The molecule has 1 aromatic heterocycles. The Hall–Kier alpha value is -1.14. The second kappa shape index (κ2) is 5.27. The molecule has 5 nitrogen and oxygen atoms in total. The number of nitrogens with two attached hydrogens (primary N) is 1. The number of hydrogen-bond donors (Lipinski definition) is 4. The Labute approximate surface area is 98.8 Å². The third-order valence-electron chi connectivity index (χ3n) is 2.04. The summed E-state index contributed by atoms with van der Waals surface area (Å²) in [6, 6.07) is 1.55. The molecule has 90 valence electrons. The van der Waals surface area contributed by atoms with E-state index in [1.165, 1.54) is 11.8 Å². The highest BCUT2D eigenvalue weighted by Gasteiger charge is 2.21. The van der Waals surface area contributed by atoms with Gasteiger partial charge < -0.3 is 21.1 Å². The maximum Gasteiger partial charge on any atom is 0.267 e. The minimum atomic E-state index is -0.896. The molecule has 0 saturated carbocycles. The summed E-state index contributed by atoms with van der Waals surface area (Å²) < 4.78 is 0. The van der Waals surface area contributed by atoms with Gasteiger partial charge in [-0.1, -0.05) is 0 Å². The molecule has 1 rings (SSSR count). The topological polar surface area (TPSA) is 91.1 Å². The summed E-state index contributed by atoms with van der Waals surface area (Å²) in [5.74, 6) is 0.304. The standard InChI is InChI=1S/C10H17N3O2S/c1-10(15,6-16-2)5-13-9(14)8-3-7(11)4-12-8/h3-4,12,15H,5-6,11H2,1-2H3,(H,13,14). The average molecular weight is 243 g/mol. The van der Waals surface area contributed by atoms with Gasteiger partial charge >= 0.3 is 0 Å². The van der Waals surface area contributed by atoms with Crippen molar-refractivity contribution < 1.29 is 9.90 Å². The predicted molar refractivity (Wildman–Crippen MR) is 66.5 cm³/mol. The third kappa shape index (κ3) is 3.79. The summed E-state index contributed by atoms with van der Waals surface area (Å²) in [4.78, 5) is 14.3. The fourth-order valence-corrected chi connectivity index (χ4v) is 1.99. The van der Waals surface area contributed by atoms with Crippen molar-refractivity contribution >= 4 is 23.4 Å². The zero-order chi connectivity index (χ0) is 12.2. The quantitative estimate of drug-likeness (QED) is 0.604. The lowest BCUT2D eigenvalue weighted by atomic mass is 10.1. The minimum Gasteiger partial charge on any atom is -0.397 e. The summed E-state index contributed by atoms with van der Waals surface area (Å²) in [7, 11) is 0. The molecule has 0 saturated heterocycles. The van der Waals surface area contributed by atoms with Crippen molar-refractivity contribution in [1.82, 2.24) is 10.3 Å². The minimum absolute atomic E-state index is 0.214. The number of anilines is 1. The molecule has 0 fully saturated rings. The Morgan fingerprint density at radius 3 is 2.94 bits per heavy atom. The summed E-state index contributed by atoms with van der Waals surface area (Å²) in [6.07, 6.45) is 3.46. The normalized spacial score (nSPS) is 14.4. The van der Waals surface area contributed by atoms with E-state index in [9.17, 15) is 9.90 Å². The van der Waals surface area contributed by atoms with E-state index >= 15 is 0 Å². The van der Waals surface area contributed by atoms with Crippen LogP contribution in [0.5, 0.6) is 0 Å². The summed E-state index contributed by atoms with van der Waals surface area (Å²) in [5.41, 5.74) is 5.50. The molecule has 1 atom stereocenters. The van der Waals surface area contributed by atoms with Crippen molar-refractivity contribution in [3.8, 4) is 0 Å². The molecule has 0 aliphatic heterocycles. The van der Waals surface area contributed by atoms with E-state index in [1.54, 1.807) is 19.2 Å². The summed E-state index contributed by atoms with van der Waals surface area (Å²) in [6.45, 7) is 1.90. The Morgan fingerprint density at radius 2 is 2.44 bits per heavy atom. The number of aliphatic hydroxyl groups is 1. The second-order valence-electron chi connectivity index (χ2n) is 3.96. The van der Waals surface area contributed by atoms with Crippen LogP contribution >= 0.6 is 11.8 Å². The van der Waals surface area contributed by atoms with Gasteiger partial charge in [0.2, 0.25) is 0 Å². The molecule has 0 aliphatic rings. The van der Waals surface area contributed by atoms with Crippen molar-refractivity contribution in [3.05, 3.63) is 18.0 Å². The van der Waals surface area contributed by atoms with Crippen molar-refractivity contribution in [2.24, 2.45) is 0 Å². The zero-order valence-corrected chi connectivity index (χ0v) is 10.2. The van der Waals surface area contributed by atoms with Gasteiger partial charge in [0.25, 0.3) is 5.91 Å². The maximum absolute atomic E-state index is 11.6. The highest BCUT2D eigenvalue weighted by Crippen LogP contribution is 2.10. The maximum atomic E-state index is 11.6. The van der Waals surface area contributed by atoms with Crippen LogP contribution in [0.2, 0.25) is 0 Å². The lowest BCUT2D eigenvalue weighted by Gasteiger charge is -2.22. The highest BCUT2D eigenvalue weighted by atomic mass is 32.2. The molecule has 1 unspecified atom stereocenters. The second-order valence-corrected chi connectivity index (χ2v) is 4.83. The lowest BCUT2D eigenvalue weighted by Crippen LogP contribution is -2.42. The first kappa shape index (κ1) is 12.9. The van der Waals surface area contributed by atoms with Gasteiger partial charge in [-0.25, -0.2) is 0 Å². The van der Waals surface area contributed by atoms with Crippen molar-refractivity contribution in [3.63, 3.8) is 0 Å². The number of amides is 1. The molecule has 1 amide bonds. The summed E-state index contributed by atoms with van der Waals surface area (Å²) in [5, 5.41) is 12.5. The molecule has 0 radical (unpaired) electrons. The van der Waals surface area contributed by atoms with Gasteiger partial charge in [-0.15, -0.1) is 0 Å². The number of carbonyl (C=O) groups excluding carboxylic acids is 1. The van der Waals surface area contributed by atoms with E-state index in [0.717, 1.165) is 0 Å². The van der Waals surface area contributed by atoms with Gasteiger partial charge in [-0.3, -0.25) is 4.79 Å². The van der Waals surface area contributed by atoms with Gasteiger partial charge in [-0.2, -0.15) is 11.8 Å². The van der Waals surface area contributed by atoms with Crippen LogP contribution in [0, 0.1) is 0 Å². The van der Waals surface area contributed by atoms with Crippen LogP contribution in [0.1, 0.15) is 17.4 Å². The van der Waals surface area contributed by atoms with Gasteiger partial charge in [0.1, 0.15) is 5.69 Å². The monoisotopic (exact) mass is 243 g/mol. The molecule has 1 heterocycles. The summed E-state index contributed by atoms with van der Waals surface area (Å²) >= 11 is 1.53. The molecule has 0 spiro atoms. The van der Waals surface area contributed by atoms with Crippen LogP contribution in [-0.4, -0.2) is 40.2 Å². The van der Waals surface area contributed by atoms with E-state index in [-0.39, 0.29) is 12.5 Å². The molecule has 0 bridgehead atoms.